The monoisotopic (exact) mass is 284 g/mol. The molecule has 0 heterocycles. The molecule has 1 aromatic rings. The number of benzene rings is 1. The minimum Gasteiger partial charge on any atom is -0.482 e. The molecule has 1 aromatic carbocycles. The second-order valence-corrected chi connectivity index (χ2v) is 5.20. The Morgan fingerprint density at radius 1 is 1.47 bits per heavy atom. The van der Waals surface area contributed by atoms with Gasteiger partial charge in [-0.1, -0.05) is 31.5 Å². The predicted molar refractivity (Wildman–Crippen MR) is 77.6 cm³/mol. The Kier molecular flexibility index (Phi) is 6.67. The van der Waals surface area contributed by atoms with Crippen LogP contribution in [0.3, 0.4) is 0 Å². The first-order valence-corrected chi connectivity index (χ1v) is 6.78. The Bertz CT molecular complexity index is 422. The van der Waals surface area contributed by atoms with E-state index in [0.717, 1.165) is 12.0 Å². The van der Waals surface area contributed by atoms with E-state index in [2.05, 4.69) is 5.32 Å². The average molecular weight is 285 g/mol. The molecule has 0 saturated heterocycles. The van der Waals surface area contributed by atoms with Gasteiger partial charge in [0.1, 0.15) is 5.75 Å². The van der Waals surface area contributed by atoms with E-state index in [9.17, 15) is 4.79 Å². The number of halogens is 1. The van der Waals surface area contributed by atoms with Gasteiger partial charge in [-0.15, -0.1) is 0 Å². The van der Waals surface area contributed by atoms with Gasteiger partial charge in [0.05, 0.1) is 5.02 Å². The smallest absolute Gasteiger partial charge is 0.257 e. The molecule has 0 spiro atoms. The van der Waals surface area contributed by atoms with Crippen LogP contribution in [0.5, 0.6) is 5.75 Å². The number of rotatable bonds is 7. The number of carbonyl (C=O) groups excluding carboxylic acids is 1. The maximum absolute atomic E-state index is 11.5. The van der Waals surface area contributed by atoms with Gasteiger partial charge in [-0.2, -0.15) is 0 Å². The molecule has 0 unspecified atom stereocenters. The van der Waals surface area contributed by atoms with Crippen LogP contribution in [0.4, 0.5) is 0 Å². The molecular formula is C14H21ClN2O2. The highest BCUT2D eigenvalue weighted by Gasteiger charge is 2.07. The van der Waals surface area contributed by atoms with Gasteiger partial charge < -0.3 is 15.8 Å². The number of nitrogens with one attached hydrogen (secondary N) is 1. The fourth-order valence-electron chi connectivity index (χ4n) is 1.50. The van der Waals surface area contributed by atoms with Crippen molar-refractivity contribution < 1.29 is 9.53 Å². The predicted octanol–water partition coefficient (Wildman–Crippen LogP) is 1.99. The van der Waals surface area contributed by atoms with Crippen LogP contribution in [0.25, 0.3) is 0 Å². The van der Waals surface area contributed by atoms with Crippen molar-refractivity contribution in [1.29, 1.82) is 0 Å². The normalized spacial score (nSPS) is 10.6. The summed E-state index contributed by atoms with van der Waals surface area (Å²) in [6.45, 7) is 5.27. The van der Waals surface area contributed by atoms with Crippen molar-refractivity contribution in [3.05, 3.63) is 28.8 Å². The van der Waals surface area contributed by atoms with Gasteiger partial charge in [-0.25, -0.2) is 0 Å². The Labute approximate surface area is 119 Å². The molecule has 3 N–H and O–H groups in total. The van der Waals surface area contributed by atoms with E-state index < -0.39 is 0 Å². The van der Waals surface area contributed by atoms with Crippen LogP contribution in [0.1, 0.15) is 19.4 Å². The molecule has 1 amide bonds. The summed E-state index contributed by atoms with van der Waals surface area (Å²) in [6.07, 6.45) is 0.773. The van der Waals surface area contributed by atoms with Crippen LogP contribution in [0, 0.1) is 5.92 Å². The summed E-state index contributed by atoms with van der Waals surface area (Å²) in [5.41, 5.74) is 6.54. The molecule has 0 aliphatic rings. The van der Waals surface area contributed by atoms with E-state index in [1.807, 2.05) is 26.0 Å². The summed E-state index contributed by atoms with van der Waals surface area (Å²) in [5.74, 6) is 0.793. The number of hydrogen-bond donors (Lipinski definition) is 2. The highest BCUT2D eigenvalue weighted by atomic mass is 35.5. The summed E-state index contributed by atoms with van der Waals surface area (Å²) in [6, 6.07) is 5.49. The SMILES string of the molecule is CC(C)CNC(=O)COc1ccc(CCN)cc1Cl. The van der Waals surface area contributed by atoms with Gasteiger partial charge >= 0.3 is 0 Å². The summed E-state index contributed by atoms with van der Waals surface area (Å²) < 4.78 is 5.39. The maximum Gasteiger partial charge on any atom is 0.257 e. The lowest BCUT2D eigenvalue weighted by Gasteiger charge is -2.10. The molecule has 0 aliphatic heterocycles. The third-order valence-electron chi connectivity index (χ3n) is 2.50. The van der Waals surface area contributed by atoms with Crippen LogP contribution in [0.15, 0.2) is 18.2 Å². The van der Waals surface area contributed by atoms with Crippen molar-refractivity contribution in [1.82, 2.24) is 5.32 Å². The quantitative estimate of drug-likeness (QED) is 0.805. The molecule has 106 valence electrons. The number of hydrogen-bond acceptors (Lipinski definition) is 3. The first-order valence-electron chi connectivity index (χ1n) is 6.41. The lowest BCUT2D eigenvalue weighted by molar-refractivity contribution is -0.123. The highest BCUT2D eigenvalue weighted by Crippen LogP contribution is 2.25. The Balaban J connectivity index is 2.47. The van der Waals surface area contributed by atoms with Crippen molar-refractivity contribution in [2.45, 2.75) is 20.3 Å². The van der Waals surface area contributed by atoms with Crippen molar-refractivity contribution in [2.24, 2.45) is 11.7 Å². The lowest BCUT2D eigenvalue weighted by atomic mass is 10.1. The zero-order chi connectivity index (χ0) is 14.3. The fourth-order valence-corrected chi connectivity index (χ4v) is 1.75. The minimum absolute atomic E-state index is 0.0251. The van der Waals surface area contributed by atoms with E-state index in [1.165, 1.54) is 0 Å². The van der Waals surface area contributed by atoms with E-state index in [-0.39, 0.29) is 12.5 Å². The van der Waals surface area contributed by atoms with Crippen LogP contribution in [0.2, 0.25) is 5.02 Å². The van der Waals surface area contributed by atoms with Crippen LogP contribution >= 0.6 is 11.6 Å². The highest BCUT2D eigenvalue weighted by molar-refractivity contribution is 6.32. The third kappa shape index (κ3) is 5.94. The van der Waals surface area contributed by atoms with E-state index in [4.69, 9.17) is 22.1 Å². The molecule has 19 heavy (non-hydrogen) atoms. The summed E-state index contributed by atoms with van der Waals surface area (Å²) >= 11 is 6.08. The van der Waals surface area contributed by atoms with E-state index in [1.54, 1.807) is 6.07 Å². The van der Waals surface area contributed by atoms with Gasteiger partial charge in [-0.3, -0.25) is 4.79 Å². The molecule has 0 fully saturated rings. The summed E-state index contributed by atoms with van der Waals surface area (Å²) in [7, 11) is 0. The Morgan fingerprint density at radius 2 is 2.21 bits per heavy atom. The Morgan fingerprint density at radius 3 is 2.79 bits per heavy atom. The number of nitrogens with two attached hydrogens (primary N) is 1. The minimum atomic E-state index is -0.143. The molecule has 0 aromatic heterocycles. The van der Waals surface area contributed by atoms with E-state index >= 15 is 0 Å². The van der Waals surface area contributed by atoms with Gasteiger partial charge in [0.15, 0.2) is 6.61 Å². The Hall–Kier alpha value is -1.26. The second kappa shape index (κ2) is 8.02. The molecule has 0 saturated carbocycles. The first kappa shape index (κ1) is 15.8. The third-order valence-corrected chi connectivity index (χ3v) is 2.79. The van der Waals surface area contributed by atoms with Crippen molar-refractivity contribution in [3.8, 4) is 5.75 Å². The van der Waals surface area contributed by atoms with Gasteiger partial charge in [0, 0.05) is 6.54 Å². The summed E-state index contributed by atoms with van der Waals surface area (Å²) in [4.78, 5) is 11.5. The number of amides is 1. The molecule has 4 nitrogen and oxygen atoms in total. The van der Waals surface area contributed by atoms with Crippen LogP contribution in [-0.4, -0.2) is 25.6 Å². The average Bonchev–Trinajstić information content (AvgIpc) is 2.35. The molecule has 0 radical (unpaired) electrons. The first-order chi connectivity index (χ1) is 9.02. The van der Waals surface area contributed by atoms with Gasteiger partial charge in [0.25, 0.3) is 5.91 Å². The largest absolute Gasteiger partial charge is 0.482 e. The van der Waals surface area contributed by atoms with Gasteiger partial charge in [-0.05, 0) is 36.6 Å². The van der Waals surface area contributed by atoms with Crippen molar-refractivity contribution >= 4 is 17.5 Å². The molecule has 0 aliphatic carbocycles. The number of ether oxygens (including phenoxy) is 1. The second-order valence-electron chi connectivity index (χ2n) is 4.79. The zero-order valence-electron chi connectivity index (χ0n) is 11.4. The van der Waals surface area contributed by atoms with E-state index in [0.29, 0.717) is 29.8 Å². The topological polar surface area (TPSA) is 64.3 Å². The molecule has 5 heteroatoms. The van der Waals surface area contributed by atoms with Crippen LogP contribution in [-0.2, 0) is 11.2 Å². The van der Waals surface area contributed by atoms with Crippen molar-refractivity contribution in [3.63, 3.8) is 0 Å². The van der Waals surface area contributed by atoms with Gasteiger partial charge in [0.2, 0.25) is 0 Å². The van der Waals surface area contributed by atoms with Crippen molar-refractivity contribution in [2.75, 3.05) is 19.7 Å². The molecule has 0 atom stereocenters. The summed E-state index contributed by atoms with van der Waals surface area (Å²) in [5, 5.41) is 3.28. The molecular weight excluding hydrogens is 264 g/mol. The molecule has 0 bridgehead atoms. The van der Waals surface area contributed by atoms with Crippen LogP contribution < -0.4 is 15.8 Å². The zero-order valence-corrected chi connectivity index (χ0v) is 12.2. The fraction of sp³-hybridized carbons (Fsp3) is 0.500. The molecule has 1 rings (SSSR count). The maximum atomic E-state index is 11.5. The lowest BCUT2D eigenvalue weighted by Crippen LogP contribution is -2.31. The standard InChI is InChI=1S/C14H21ClN2O2/c1-10(2)8-17-14(18)9-19-13-4-3-11(5-6-16)7-12(13)15/h3-4,7,10H,5-6,8-9,16H2,1-2H3,(H,17,18). The number of carbonyl (C=O) groups is 1.